The van der Waals surface area contributed by atoms with E-state index in [0.717, 1.165) is 21.5 Å². The van der Waals surface area contributed by atoms with E-state index in [4.69, 9.17) is 4.52 Å². The number of carbonyl (C=O) groups is 1. The van der Waals surface area contributed by atoms with Crippen molar-refractivity contribution in [2.24, 2.45) is 0 Å². The molecule has 0 spiro atoms. The van der Waals surface area contributed by atoms with Crippen molar-refractivity contribution >= 4 is 29.4 Å². The second kappa shape index (κ2) is 10.5. The fourth-order valence-electron chi connectivity index (χ4n) is 3.63. The highest BCUT2D eigenvalue weighted by atomic mass is 35.5. The number of rotatable bonds is 6. The van der Waals surface area contributed by atoms with Gasteiger partial charge < -0.3 is 17.5 Å². The Balaban J connectivity index is 0.00000289. The van der Waals surface area contributed by atoms with Crippen LogP contribution in [-0.2, 0) is 9.32 Å². The third kappa shape index (κ3) is 4.70. The summed E-state index contributed by atoms with van der Waals surface area (Å²) < 4.78 is 6.55. The molecule has 0 bridgehead atoms. The molecular weight excluding hydrogens is 439 g/mol. The van der Waals surface area contributed by atoms with E-state index in [1.54, 1.807) is 24.3 Å². The second-order valence-electron chi connectivity index (χ2n) is 7.34. The lowest BCUT2D eigenvalue weighted by molar-refractivity contribution is -0.135. The molecule has 32 heavy (non-hydrogen) atoms. The second-order valence-corrected chi connectivity index (χ2v) is 10.3. The van der Waals surface area contributed by atoms with Crippen molar-refractivity contribution in [2.45, 2.75) is 12.8 Å². The molecule has 0 saturated heterocycles. The van der Waals surface area contributed by atoms with Crippen LogP contribution in [0.5, 0.6) is 5.75 Å². The highest BCUT2D eigenvalue weighted by molar-refractivity contribution is 7.92. The van der Waals surface area contributed by atoms with E-state index in [1.807, 2.05) is 97.9 Å². The zero-order valence-corrected chi connectivity index (χ0v) is 19.3. The van der Waals surface area contributed by atoms with Crippen molar-refractivity contribution in [2.75, 3.05) is 0 Å². The molecule has 0 aliphatic carbocycles. The number of halogens is 1. The van der Waals surface area contributed by atoms with Gasteiger partial charge in [-0.1, -0.05) is 66.7 Å². The van der Waals surface area contributed by atoms with Crippen LogP contribution in [0.4, 0.5) is 0 Å². The molecule has 3 nitrogen and oxygen atoms in total. The van der Waals surface area contributed by atoms with Crippen molar-refractivity contribution in [3.63, 3.8) is 0 Å². The van der Waals surface area contributed by atoms with Gasteiger partial charge >= 0.3 is 5.97 Å². The molecule has 4 aromatic carbocycles. The third-order valence-electron chi connectivity index (χ3n) is 5.33. The van der Waals surface area contributed by atoms with Crippen LogP contribution in [0.2, 0.25) is 0 Å². The minimum Gasteiger partial charge on any atom is -1.00 e. The summed E-state index contributed by atoms with van der Waals surface area (Å²) >= 11 is 0. The van der Waals surface area contributed by atoms with Gasteiger partial charge in [-0.05, 0) is 61.0 Å². The summed E-state index contributed by atoms with van der Waals surface area (Å²) in [5.41, 5.74) is 0.801. The minimum absolute atomic E-state index is 0. The lowest BCUT2D eigenvalue weighted by atomic mass is 10.0. The number of phenols is 1. The summed E-state index contributed by atoms with van der Waals surface area (Å²) in [5.74, 6) is -0.601. The highest BCUT2D eigenvalue weighted by Gasteiger charge is 2.51. The first-order valence-electron chi connectivity index (χ1n) is 10.2. The molecule has 162 valence electrons. The Morgan fingerprint density at radius 1 is 0.688 bits per heavy atom. The van der Waals surface area contributed by atoms with Crippen LogP contribution in [0, 0.1) is 0 Å². The van der Waals surface area contributed by atoms with Crippen LogP contribution in [0.25, 0.3) is 0 Å². The molecule has 0 heterocycles. The number of hydrogen-bond donors (Lipinski definition) is 1. The van der Waals surface area contributed by atoms with E-state index >= 15 is 0 Å². The summed E-state index contributed by atoms with van der Waals surface area (Å²) in [4.78, 5) is 13.5. The highest BCUT2D eigenvalue weighted by Crippen LogP contribution is 2.57. The maximum Gasteiger partial charge on any atom is 0.358 e. The van der Waals surface area contributed by atoms with Gasteiger partial charge in [-0.3, -0.25) is 4.52 Å². The number of hydrogen-bond acceptors (Lipinski definition) is 3. The van der Waals surface area contributed by atoms with Crippen LogP contribution in [-0.4, -0.2) is 11.1 Å². The Morgan fingerprint density at radius 3 is 1.44 bits per heavy atom. The topological polar surface area (TPSA) is 46.5 Å². The van der Waals surface area contributed by atoms with E-state index < -0.39 is 13.4 Å². The predicted octanol–water partition coefficient (Wildman–Crippen LogP) is 1.95. The first-order chi connectivity index (χ1) is 15.1. The average Bonchev–Trinajstić information content (AvgIpc) is 2.84. The number of aromatic hydroxyl groups is 1. The maximum absolute atomic E-state index is 13.5. The molecule has 0 fully saturated rings. The van der Waals surface area contributed by atoms with Gasteiger partial charge in [-0.2, -0.15) is 0 Å². The van der Waals surface area contributed by atoms with Crippen LogP contribution in [0.3, 0.4) is 0 Å². The Morgan fingerprint density at radius 2 is 1.06 bits per heavy atom. The van der Waals surface area contributed by atoms with Gasteiger partial charge in [0.25, 0.3) is 7.49 Å². The van der Waals surface area contributed by atoms with Gasteiger partial charge in [0.05, 0.1) is 5.92 Å². The van der Waals surface area contributed by atoms with Gasteiger partial charge in [0.1, 0.15) is 21.7 Å². The minimum atomic E-state index is -2.69. The molecule has 1 atom stereocenters. The maximum atomic E-state index is 13.5. The molecule has 0 saturated carbocycles. The smallest absolute Gasteiger partial charge is 0.358 e. The summed E-state index contributed by atoms with van der Waals surface area (Å²) in [7, 11) is -2.69. The standard InChI is InChI=1S/C27H23O3P.ClH/c1-21(22-17-19-23(28)20-18-22)27(29)30-31(24-11-5-2-6-12-24,25-13-7-3-8-14-25)26-15-9-4-10-16-26;/h2-21H,1H3;1H. The first-order valence-corrected chi connectivity index (χ1v) is 11.9. The molecule has 5 heteroatoms. The SMILES string of the molecule is CC(C(=O)O[P+](c1ccccc1)(c1ccccc1)c1ccccc1)c1ccc(O)cc1.[Cl-]. The van der Waals surface area contributed by atoms with E-state index in [1.165, 1.54) is 0 Å². The zero-order valence-electron chi connectivity index (χ0n) is 17.6. The third-order valence-corrected chi connectivity index (χ3v) is 8.86. The van der Waals surface area contributed by atoms with E-state index in [-0.39, 0.29) is 24.1 Å². The fourth-order valence-corrected chi connectivity index (χ4v) is 7.05. The van der Waals surface area contributed by atoms with E-state index in [0.29, 0.717) is 0 Å². The summed E-state index contributed by atoms with van der Waals surface area (Å²) in [6.45, 7) is 1.84. The van der Waals surface area contributed by atoms with Crippen molar-refractivity contribution in [1.29, 1.82) is 0 Å². The molecular formula is C27H24ClO3P. The van der Waals surface area contributed by atoms with Crippen molar-refractivity contribution < 1.29 is 26.8 Å². The summed E-state index contributed by atoms with van der Waals surface area (Å²) in [5, 5.41) is 12.6. The lowest BCUT2D eigenvalue weighted by Gasteiger charge is -2.26. The summed E-state index contributed by atoms with van der Waals surface area (Å²) in [6.07, 6.45) is 0. The normalized spacial score (nSPS) is 11.8. The molecule has 1 unspecified atom stereocenters. The van der Waals surface area contributed by atoms with Gasteiger partial charge in [-0.25, -0.2) is 4.79 Å². The van der Waals surface area contributed by atoms with Crippen molar-refractivity contribution in [3.05, 3.63) is 121 Å². The first kappa shape index (κ1) is 23.5. The van der Waals surface area contributed by atoms with Gasteiger partial charge in [0.15, 0.2) is 0 Å². The number of carbonyl (C=O) groups excluding carboxylic acids is 1. The van der Waals surface area contributed by atoms with Gasteiger partial charge in [0, 0.05) is 0 Å². The van der Waals surface area contributed by atoms with E-state index in [9.17, 15) is 9.90 Å². The molecule has 0 aliphatic rings. The quantitative estimate of drug-likeness (QED) is 0.446. The van der Waals surface area contributed by atoms with Gasteiger partial charge in [-0.15, -0.1) is 0 Å². The zero-order chi connectivity index (χ0) is 21.7. The van der Waals surface area contributed by atoms with Crippen LogP contribution >= 0.6 is 7.49 Å². The Kier molecular flexibility index (Phi) is 7.69. The van der Waals surface area contributed by atoms with Crippen LogP contribution in [0.1, 0.15) is 18.4 Å². The lowest BCUT2D eigenvalue weighted by Crippen LogP contribution is -3.00. The summed E-state index contributed by atoms with van der Waals surface area (Å²) in [6, 6.07) is 36.7. The van der Waals surface area contributed by atoms with E-state index in [2.05, 4.69) is 0 Å². The molecule has 1 N–H and O–H groups in total. The number of benzene rings is 4. The van der Waals surface area contributed by atoms with Crippen LogP contribution < -0.4 is 28.3 Å². The largest absolute Gasteiger partial charge is 1.00 e. The molecule has 4 aromatic rings. The predicted molar refractivity (Wildman–Crippen MR) is 128 cm³/mol. The average molecular weight is 463 g/mol. The van der Waals surface area contributed by atoms with Crippen LogP contribution in [0.15, 0.2) is 115 Å². The number of phenolic OH excluding ortho intramolecular Hbond substituents is 1. The Labute approximate surface area is 195 Å². The molecule has 0 amide bonds. The molecule has 0 radical (unpaired) electrons. The Bertz CT molecular complexity index is 1040. The fraction of sp³-hybridized carbons (Fsp3) is 0.0741. The molecule has 0 aliphatic heterocycles. The van der Waals surface area contributed by atoms with Crippen molar-refractivity contribution in [3.8, 4) is 5.75 Å². The molecule has 4 rings (SSSR count). The molecule has 0 aromatic heterocycles. The van der Waals surface area contributed by atoms with Gasteiger partial charge in [0.2, 0.25) is 0 Å². The monoisotopic (exact) mass is 462 g/mol. The van der Waals surface area contributed by atoms with Crippen molar-refractivity contribution in [1.82, 2.24) is 0 Å². The Hall–Kier alpha value is -3.13.